The molecule has 0 unspecified atom stereocenters. The van der Waals surface area contributed by atoms with Gasteiger partial charge in [-0.1, -0.05) is 24.8 Å². The first-order valence-corrected chi connectivity index (χ1v) is 10.5. The van der Waals surface area contributed by atoms with Crippen molar-refractivity contribution < 1.29 is 31.8 Å². The van der Waals surface area contributed by atoms with Crippen LogP contribution in [0.5, 0.6) is 5.75 Å². The van der Waals surface area contributed by atoms with Crippen LogP contribution in [0.3, 0.4) is 0 Å². The van der Waals surface area contributed by atoms with Gasteiger partial charge >= 0.3 is 0 Å². The smallest absolute Gasteiger partial charge is 0.277 e. The van der Waals surface area contributed by atoms with Gasteiger partial charge in [-0.2, -0.15) is 0 Å². The molecule has 1 amide bonds. The Hall–Kier alpha value is -4.05. The van der Waals surface area contributed by atoms with Gasteiger partial charge in [0.15, 0.2) is 11.6 Å². The van der Waals surface area contributed by atoms with Gasteiger partial charge in [-0.3, -0.25) is 14.2 Å². The molecule has 0 aliphatic rings. The zero-order valence-electron chi connectivity index (χ0n) is 19.0. The zero-order chi connectivity index (χ0) is 26.8. The molecule has 11 heteroatoms. The number of aromatic nitrogens is 1. The minimum Gasteiger partial charge on any atom is -0.487 e. The summed E-state index contributed by atoms with van der Waals surface area (Å²) in [5, 5.41) is 1.93. The van der Waals surface area contributed by atoms with Gasteiger partial charge in [-0.15, -0.1) is 0 Å². The molecule has 6 nitrogen and oxygen atoms in total. The maximum absolute atomic E-state index is 14.5. The van der Waals surface area contributed by atoms with Crippen LogP contribution in [0.2, 0.25) is 5.02 Å². The van der Waals surface area contributed by atoms with Crippen molar-refractivity contribution in [2.24, 2.45) is 0 Å². The number of benzene rings is 2. The number of carbonyl (C=O) groups is 1. The summed E-state index contributed by atoms with van der Waals surface area (Å²) in [6.45, 7) is 7.33. The summed E-state index contributed by atoms with van der Waals surface area (Å²) in [4.78, 5) is 23.5. The largest absolute Gasteiger partial charge is 0.487 e. The predicted molar refractivity (Wildman–Crippen MR) is 127 cm³/mol. The predicted octanol–water partition coefficient (Wildman–Crippen LogP) is 5.55. The van der Waals surface area contributed by atoms with Crippen molar-refractivity contribution in [3.05, 3.63) is 118 Å². The van der Waals surface area contributed by atoms with E-state index in [1.807, 2.05) is 0 Å². The Labute approximate surface area is 209 Å². The molecule has 190 valence electrons. The van der Waals surface area contributed by atoms with E-state index in [2.05, 4.69) is 23.2 Å². The van der Waals surface area contributed by atoms with Crippen LogP contribution < -0.4 is 15.6 Å². The van der Waals surface area contributed by atoms with Gasteiger partial charge in [-0.05, 0) is 35.9 Å². The Morgan fingerprint density at radius 1 is 1.06 bits per heavy atom. The van der Waals surface area contributed by atoms with E-state index in [4.69, 9.17) is 16.3 Å². The highest BCUT2D eigenvalue weighted by Gasteiger charge is 2.18. The number of hydrogen-bond acceptors (Lipinski definition) is 4. The molecule has 0 bridgehead atoms. The second kappa shape index (κ2) is 13.1. The number of nitrogens with one attached hydrogen (secondary N) is 1. The number of rotatable bonds is 8. The van der Waals surface area contributed by atoms with Crippen LogP contribution in [0.4, 0.5) is 17.6 Å². The molecule has 0 saturated heterocycles. The van der Waals surface area contributed by atoms with Crippen LogP contribution in [-0.2, 0) is 22.7 Å². The van der Waals surface area contributed by atoms with Crippen molar-refractivity contribution in [1.29, 1.82) is 0 Å². The van der Waals surface area contributed by atoms with Crippen molar-refractivity contribution in [2.45, 2.75) is 20.1 Å². The average molecular weight is 525 g/mol. The van der Waals surface area contributed by atoms with Crippen molar-refractivity contribution in [1.82, 2.24) is 9.88 Å². The number of halogens is 5. The fraction of sp³-hybridized carbons (Fsp3) is 0.120. The molecule has 3 aromatic rings. The summed E-state index contributed by atoms with van der Waals surface area (Å²) >= 11 is 6.00. The van der Waals surface area contributed by atoms with Crippen LogP contribution in [0, 0.1) is 23.3 Å². The Bertz CT molecular complexity index is 1300. The Morgan fingerprint density at radius 2 is 1.69 bits per heavy atom. The highest BCUT2D eigenvalue weighted by Crippen LogP contribution is 2.25. The van der Waals surface area contributed by atoms with Crippen LogP contribution >= 0.6 is 11.6 Å². The molecule has 0 saturated carbocycles. The quantitative estimate of drug-likeness (QED) is 0.310. The Morgan fingerprint density at radius 3 is 2.22 bits per heavy atom. The van der Waals surface area contributed by atoms with Gasteiger partial charge in [0, 0.05) is 31.3 Å². The fourth-order valence-electron chi connectivity index (χ4n) is 2.82. The minimum absolute atomic E-state index is 0.0218. The molecule has 0 atom stereocenters. The highest BCUT2D eigenvalue weighted by molar-refractivity contribution is 6.31. The van der Waals surface area contributed by atoms with Gasteiger partial charge in [0.1, 0.15) is 34.7 Å². The third kappa shape index (κ3) is 7.47. The third-order valence-corrected chi connectivity index (χ3v) is 4.80. The third-order valence-electron chi connectivity index (χ3n) is 4.45. The zero-order valence-corrected chi connectivity index (χ0v) is 19.8. The monoisotopic (exact) mass is 524 g/mol. The van der Waals surface area contributed by atoms with E-state index in [0.29, 0.717) is 10.6 Å². The number of nitrogens with zero attached hydrogens (tertiary/aromatic N) is 1. The van der Waals surface area contributed by atoms with E-state index >= 15 is 0 Å². The topological polar surface area (TPSA) is 69.6 Å². The second-order valence-electron chi connectivity index (χ2n) is 6.98. The first-order chi connectivity index (χ1) is 17.1. The summed E-state index contributed by atoms with van der Waals surface area (Å²) in [5.41, 5.74) is -1.44. The van der Waals surface area contributed by atoms with E-state index in [1.54, 1.807) is 0 Å². The van der Waals surface area contributed by atoms with Crippen molar-refractivity contribution in [3.63, 3.8) is 0 Å². The standard InChI is InChI=1S/C21H15ClF4N2O3.C4H6O/c1-11(29)27-9-12-6-16(25)20(17(26)7-12)28-5-4-18(19(22)21(28)30)31-10-13-2-3-14(23)8-15(13)24;1-3-5-4-2/h2-8H,9-10H2,1H3,(H,27,29);3-4H,1-2H2. The molecule has 0 spiro atoms. The summed E-state index contributed by atoms with van der Waals surface area (Å²) in [5.74, 6) is -4.19. The van der Waals surface area contributed by atoms with Gasteiger partial charge in [-0.25, -0.2) is 17.6 Å². The minimum atomic E-state index is -1.04. The lowest BCUT2D eigenvalue weighted by atomic mass is 10.1. The molecule has 0 radical (unpaired) electrons. The maximum Gasteiger partial charge on any atom is 0.277 e. The van der Waals surface area contributed by atoms with Crippen LogP contribution in [-0.4, -0.2) is 10.5 Å². The van der Waals surface area contributed by atoms with E-state index in [-0.39, 0.29) is 35.9 Å². The molecule has 0 aliphatic carbocycles. The number of pyridine rings is 1. The number of ether oxygens (including phenoxy) is 2. The highest BCUT2D eigenvalue weighted by atomic mass is 35.5. The summed E-state index contributed by atoms with van der Waals surface area (Å²) in [6.07, 6.45) is 3.68. The normalized spacial score (nSPS) is 10.1. The lowest BCUT2D eigenvalue weighted by molar-refractivity contribution is -0.119. The van der Waals surface area contributed by atoms with Gasteiger partial charge in [0.2, 0.25) is 5.91 Å². The lowest BCUT2D eigenvalue weighted by Gasteiger charge is -2.13. The molecule has 0 aliphatic heterocycles. The van der Waals surface area contributed by atoms with E-state index in [1.165, 1.54) is 31.6 Å². The van der Waals surface area contributed by atoms with Crippen LogP contribution in [0.25, 0.3) is 5.69 Å². The van der Waals surface area contributed by atoms with Crippen molar-refractivity contribution >= 4 is 17.5 Å². The number of amides is 1. The molecule has 1 N–H and O–H groups in total. The van der Waals surface area contributed by atoms with E-state index in [0.717, 1.165) is 24.4 Å². The van der Waals surface area contributed by atoms with E-state index in [9.17, 15) is 27.2 Å². The molecular weight excluding hydrogens is 504 g/mol. The Balaban J connectivity index is 0.000000830. The molecule has 3 rings (SSSR count). The summed E-state index contributed by atoms with van der Waals surface area (Å²) < 4.78 is 66.1. The molecule has 2 aromatic carbocycles. The second-order valence-corrected chi connectivity index (χ2v) is 7.36. The summed E-state index contributed by atoms with van der Waals surface area (Å²) in [6, 6.07) is 6.05. The van der Waals surface area contributed by atoms with E-state index < -0.39 is 39.5 Å². The molecule has 1 aromatic heterocycles. The Kier molecular flexibility index (Phi) is 10.3. The van der Waals surface area contributed by atoms with Crippen molar-refractivity contribution in [2.75, 3.05) is 0 Å². The first-order valence-electron chi connectivity index (χ1n) is 10.2. The molecule has 36 heavy (non-hydrogen) atoms. The van der Waals surface area contributed by atoms with Gasteiger partial charge in [0.25, 0.3) is 5.56 Å². The van der Waals surface area contributed by atoms with Gasteiger partial charge in [0.05, 0.1) is 12.5 Å². The van der Waals surface area contributed by atoms with Crippen LogP contribution in [0.1, 0.15) is 18.1 Å². The van der Waals surface area contributed by atoms with Crippen molar-refractivity contribution in [3.8, 4) is 11.4 Å². The SMILES string of the molecule is C=COC=C.CC(=O)NCc1cc(F)c(-n2ccc(OCc3ccc(F)cc3F)c(Cl)c2=O)c(F)c1. The molecule has 1 heterocycles. The molecule has 0 fully saturated rings. The van der Waals surface area contributed by atoms with Crippen LogP contribution in [0.15, 0.2) is 73.1 Å². The summed E-state index contributed by atoms with van der Waals surface area (Å²) in [7, 11) is 0. The first kappa shape index (κ1) is 28.2. The maximum atomic E-state index is 14.5. The lowest BCUT2D eigenvalue weighted by Crippen LogP contribution is -2.22. The van der Waals surface area contributed by atoms with Gasteiger partial charge < -0.3 is 14.8 Å². The fourth-order valence-corrected chi connectivity index (χ4v) is 3.03. The number of hydrogen-bond donors (Lipinski definition) is 1. The molecular formula is C25H21ClF4N2O4. The average Bonchev–Trinajstić information content (AvgIpc) is 2.81. The number of carbonyl (C=O) groups excluding carboxylic acids is 1.